The van der Waals surface area contributed by atoms with Gasteiger partial charge in [0, 0.05) is 0 Å². The van der Waals surface area contributed by atoms with E-state index >= 15 is 0 Å². The number of unbranched alkanes of at least 4 members (excludes halogenated alkanes) is 5. The minimum atomic E-state index is -0.620. The average Bonchev–Trinajstić information content (AvgIpc) is 2.23. The van der Waals surface area contributed by atoms with Crippen molar-refractivity contribution in [2.45, 2.75) is 84.2 Å². The van der Waals surface area contributed by atoms with Crippen molar-refractivity contribution < 1.29 is 5.11 Å². The Morgan fingerprint density at radius 2 is 1.29 bits per heavy atom. The third kappa shape index (κ3) is 6.42. The van der Waals surface area contributed by atoms with Crippen LogP contribution in [0.2, 0.25) is 0 Å². The summed E-state index contributed by atoms with van der Waals surface area (Å²) in [6.45, 7) is 6.28. The zero-order valence-corrected chi connectivity index (χ0v) is 10.3. The van der Waals surface area contributed by atoms with E-state index in [1.807, 2.05) is 13.8 Å². The van der Waals surface area contributed by atoms with Crippen LogP contribution >= 0.6 is 0 Å². The predicted molar refractivity (Wildman–Crippen MR) is 62.0 cm³/mol. The Bertz CT molecular complexity index is 116. The molecule has 0 aliphatic heterocycles. The lowest BCUT2D eigenvalue weighted by molar-refractivity contribution is -0.0448. The molecule has 1 radical (unpaired) electrons. The van der Waals surface area contributed by atoms with Crippen molar-refractivity contribution in [3.05, 3.63) is 0 Å². The Balaban J connectivity index is 3.34. The minimum absolute atomic E-state index is 0.620. The molecule has 14 heavy (non-hydrogen) atoms. The van der Waals surface area contributed by atoms with E-state index in [0.717, 1.165) is 25.7 Å². The molecule has 0 aromatic heterocycles. The van der Waals surface area contributed by atoms with Crippen LogP contribution in [0, 0.1) is 0 Å². The molecule has 0 spiro atoms. The van der Waals surface area contributed by atoms with Gasteiger partial charge >= 0.3 is 0 Å². The molecule has 0 unspecified atom stereocenters. The fourth-order valence-corrected chi connectivity index (χ4v) is 1.83. The van der Waals surface area contributed by atoms with Gasteiger partial charge in [0.15, 0.2) is 0 Å². The second kappa shape index (κ2) is 8.28. The van der Waals surface area contributed by atoms with Gasteiger partial charge in [-0.1, -0.05) is 59.3 Å². The summed E-state index contributed by atoms with van der Waals surface area (Å²) >= 11 is 0. The molecular weight excluding hydrogens is 172 g/mol. The van der Waals surface area contributed by atoms with E-state index in [1.165, 1.54) is 32.1 Å². The van der Waals surface area contributed by atoms with Gasteiger partial charge in [-0.15, -0.1) is 0 Å². The largest absolute Gasteiger partial charge is 0.230 e. The zero-order chi connectivity index (χ0) is 10.9. The van der Waals surface area contributed by atoms with Gasteiger partial charge < -0.3 is 0 Å². The predicted octanol–water partition coefficient (Wildman–Crippen LogP) is 4.73. The summed E-state index contributed by atoms with van der Waals surface area (Å²) in [5.74, 6) is 0. The van der Waals surface area contributed by atoms with Crippen LogP contribution in [-0.2, 0) is 5.11 Å². The van der Waals surface area contributed by atoms with Crippen LogP contribution in [0.3, 0.4) is 0 Å². The first-order chi connectivity index (χ1) is 6.68. The van der Waals surface area contributed by atoms with Crippen molar-refractivity contribution in [2.24, 2.45) is 0 Å². The smallest absolute Gasteiger partial charge is 0.103 e. The number of rotatable bonds is 9. The third-order valence-corrected chi connectivity index (χ3v) is 3.27. The molecule has 0 aromatic carbocycles. The molecule has 0 fully saturated rings. The highest BCUT2D eigenvalue weighted by atomic mass is 16.3. The molecule has 0 N–H and O–H groups in total. The molecule has 1 heteroatoms. The maximum absolute atomic E-state index is 11.9. The second-order valence-electron chi connectivity index (χ2n) is 4.41. The third-order valence-electron chi connectivity index (χ3n) is 3.27. The number of hydrogen-bond acceptors (Lipinski definition) is 0. The topological polar surface area (TPSA) is 19.9 Å². The van der Waals surface area contributed by atoms with E-state index in [1.54, 1.807) is 0 Å². The van der Waals surface area contributed by atoms with Crippen LogP contribution in [-0.4, -0.2) is 5.60 Å². The molecule has 0 saturated carbocycles. The minimum Gasteiger partial charge on any atom is -0.230 e. The molecule has 0 atom stereocenters. The first-order valence-electron chi connectivity index (χ1n) is 6.39. The van der Waals surface area contributed by atoms with Gasteiger partial charge in [0.05, 0.1) is 0 Å². The standard InChI is InChI=1S/C13H27O/c1-4-7-8-9-10-11-12-13(14,5-2)6-3/h4-12H2,1-3H3. The highest BCUT2D eigenvalue weighted by molar-refractivity contribution is 4.73. The van der Waals surface area contributed by atoms with Crippen molar-refractivity contribution in [3.63, 3.8) is 0 Å². The monoisotopic (exact) mass is 199 g/mol. The molecule has 0 bridgehead atoms. The molecule has 0 aliphatic carbocycles. The normalized spacial score (nSPS) is 12.0. The van der Waals surface area contributed by atoms with Gasteiger partial charge in [-0.3, -0.25) is 0 Å². The summed E-state index contributed by atoms with van der Waals surface area (Å²) in [4.78, 5) is 0. The van der Waals surface area contributed by atoms with E-state index in [2.05, 4.69) is 6.92 Å². The molecule has 0 aromatic rings. The van der Waals surface area contributed by atoms with Crippen molar-refractivity contribution in [2.75, 3.05) is 0 Å². The Morgan fingerprint density at radius 3 is 1.79 bits per heavy atom. The molecule has 0 heterocycles. The van der Waals surface area contributed by atoms with Gasteiger partial charge in [-0.25, -0.2) is 5.11 Å². The lowest BCUT2D eigenvalue weighted by Gasteiger charge is -2.21. The lowest BCUT2D eigenvalue weighted by atomic mass is 9.90. The van der Waals surface area contributed by atoms with Gasteiger partial charge in [-0.2, -0.15) is 0 Å². The maximum atomic E-state index is 11.9. The van der Waals surface area contributed by atoms with E-state index in [4.69, 9.17) is 0 Å². The van der Waals surface area contributed by atoms with Crippen LogP contribution < -0.4 is 0 Å². The van der Waals surface area contributed by atoms with Crippen molar-refractivity contribution in [3.8, 4) is 0 Å². The Hall–Kier alpha value is -0.0400. The fourth-order valence-electron chi connectivity index (χ4n) is 1.83. The van der Waals surface area contributed by atoms with Gasteiger partial charge in [0.1, 0.15) is 5.60 Å². The number of hydrogen-bond donors (Lipinski definition) is 0. The lowest BCUT2D eigenvalue weighted by Crippen LogP contribution is -2.24. The first kappa shape index (κ1) is 14.0. The summed E-state index contributed by atoms with van der Waals surface area (Å²) in [6, 6.07) is 0. The SMILES string of the molecule is CCCCCCCCC([O])(CC)CC. The van der Waals surface area contributed by atoms with Crippen LogP contribution in [0.5, 0.6) is 0 Å². The van der Waals surface area contributed by atoms with Gasteiger partial charge in [0.2, 0.25) is 0 Å². The highest BCUT2D eigenvalue weighted by Gasteiger charge is 2.23. The molecule has 0 rings (SSSR count). The van der Waals surface area contributed by atoms with Gasteiger partial charge in [-0.05, 0) is 19.3 Å². The zero-order valence-electron chi connectivity index (χ0n) is 10.3. The maximum Gasteiger partial charge on any atom is 0.103 e. The molecule has 0 aliphatic rings. The van der Waals surface area contributed by atoms with Crippen molar-refractivity contribution >= 4 is 0 Å². The first-order valence-corrected chi connectivity index (χ1v) is 6.39. The highest BCUT2D eigenvalue weighted by Crippen LogP contribution is 2.23. The Morgan fingerprint density at radius 1 is 0.786 bits per heavy atom. The van der Waals surface area contributed by atoms with Crippen LogP contribution in [0.1, 0.15) is 78.6 Å². The summed E-state index contributed by atoms with van der Waals surface area (Å²) in [5.41, 5.74) is -0.620. The molecule has 85 valence electrons. The van der Waals surface area contributed by atoms with Gasteiger partial charge in [0.25, 0.3) is 0 Å². The van der Waals surface area contributed by atoms with E-state index in [-0.39, 0.29) is 0 Å². The molecule has 0 saturated heterocycles. The van der Waals surface area contributed by atoms with E-state index in [9.17, 15) is 5.11 Å². The summed E-state index contributed by atoms with van der Waals surface area (Å²) in [6.07, 6.45) is 10.2. The quantitative estimate of drug-likeness (QED) is 0.479. The Labute approximate surface area is 89.9 Å². The van der Waals surface area contributed by atoms with Crippen molar-refractivity contribution in [1.82, 2.24) is 0 Å². The molecule has 1 nitrogen and oxygen atoms in total. The van der Waals surface area contributed by atoms with Crippen LogP contribution in [0.25, 0.3) is 0 Å². The second-order valence-corrected chi connectivity index (χ2v) is 4.41. The van der Waals surface area contributed by atoms with Crippen LogP contribution in [0.4, 0.5) is 0 Å². The molecular formula is C13H27O. The fraction of sp³-hybridized carbons (Fsp3) is 1.00. The van der Waals surface area contributed by atoms with Crippen LogP contribution in [0.15, 0.2) is 0 Å². The summed E-state index contributed by atoms with van der Waals surface area (Å²) in [7, 11) is 0. The van der Waals surface area contributed by atoms with E-state index in [0.29, 0.717) is 0 Å². The molecule has 0 amide bonds. The Kier molecular flexibility index (Phi) is 8.26. The van der Waals surface area contributed by atoms with Crippen molar-refractivity contribution in [1.29, 1.82) is 0 Å². The average molecular weight is 199 g/mol. The summed E-state index contributed by atoms with van der Waals surface area (Å²) < 4.78 is 0. The summed E-state index contributed by atoms with van der Waals surface area (Å²) in [5, 5.41) is 11.9. The van der Waals surface area contributed by atoms with E-state index < -0.39 is 5.60 Å².